The van der Waals surface area contributed by atoms with Crippen LogP contribution in [0.15, 0.2) is 22.7 Å². The fourth-order valence-electron chi connectivity index (χ4n) is 1.52. The van der Waals surface area contributed by atoms with Crippen molar-refractivity contribution in [2.45, 2.75) is 24.9 Å². The number of hydrogen-bond acceptors (Lipinski definition) is 3. The summed E-state index contributed by atoms with van der Waals surface area (Å²) in [5.74, 6) is 0. The van der Waals surface area contributed by atoms with Crippen molar-refractivity contribution in [2.75, 3.05) is 0 Å². The molecule has 1 fully saturated rings. The zero-order chi connectivity index (χ0) is 11.1. The molecule has 5 heteroatoms. The van der Waals surface area contributed by atoms with E-state index in [1.54, 1.807) is 12.1 Å². The van der Waals surface area contributed by atoms with E-state index in [0.717, 1.165) is 18.4 Å². The first-order valence-corrected chi connectivity index (χ1v) is 5.45. The maximum Gasteiger partial charge on any atom is 0.283 e. The van der Waals surface area contributed by atoms with Crippen molar-refractivity contribution in [2.24, 2.45) is 0 Å². The van der Waals surface area contributed by atoms with Gasteiger partial charge in [0.15, 0.2) is 0 Å². The average molecular weight is 272 g/mol. The SMILES string of the molecule is O=[N+]([O-])c1cccc(CC2(O)CC2)c1Br. The Kier molecular flexibility index (Phi) is 2.52. The molecule has 15 heavy (non-hydrogen) atoms. The van der Waals surface area contributed by atoms with Crippen LogP contribution in [0.5, 0.6) is 0 Å². The molecule has 0 amide bonds. The van der Waals surface area contributed by atoms with E-state index in [4.69, 9.17) is 0 Å². The minimum absolute atomic E-state index is 0.0525. The lowest BCUT2D eigenvalue weighted by Gasteiger charge is -2.09. The predicted octanol–water partition coefficient (Wildman–Crippen LogP) is 2.42. The molecule has 0 bridgehead atoms. The molecule has 0 aliphatic heterocycles. The molecule has 1 saturated carbocycles. The first-order chi connectivity index (χ1) is 7.02. The first-order valence-electron chi connectivity index (χ1n) is 4.66. The van der Waals surface area contributed by atoms with Gasteiger partial charge in [0.1, 0.15) is 0 Å². The van der Waals surface area contributed by atoms with Gasteiger partial charge in [-0.3, -0.25) is 10.1 Å². The topological polar surface area (TPSA) is 63.4 Å². The molecular formula is C10H10BrNO3. The summed E-state index contributed by atoms with van der Waals surface area (Å²) in [5, 5.41) is 20.4. The fourth-order valence-corrected chi connectivity index (χ4v) is 2.07. The smallest absolute Gasteiger partial charge is 0.283 e. The van der Waals surface area contributed by atoms with Gasteiger partial charge in [-0.15, -0.1) is 0 Å². The Labute approximate surface area is 95.2 Å². The average Bonchev–Trinajstić information content (AvgIpc) is 2.87. The van der Waals surface area contributed by atoms with E-state index < -0.39 is 10.5 Å². The van der Waals surface area contributed by atoms with Gasteiger partial charge >= 0.3 is 0 Å². The molecule has 0 atom stereocenters. The molecule has 0 radical (unpaired) electrons. The lowest BCUT2D eigenvalue weighted by atomic mass is 10.1. The molecule has 2 rings (SSSR count). The second-order valence-electron chi connectivity index (χ2n) is 3.91. The van der Waals surface area contributed by atoms with Crippen LogP contribution in [-0.4, -0.2) is 15.6 Å². The molecule has 0 spiro atoms. The number of halogens is 1. The first kappa shape index (κ1) is 10.6. The lowest BCUT2D eigenvalue weighted by molar-refractivity contribution is -0.385. The van der Waals surface area contributed by atoms with Gasteiger partial charge < -0.3 is 5.11 Å². The Bertz CT molecular complexity index is 415. The fraction of sp³-hybridized carbons (Fsp3) is 0.400. The molecular weight excluding hydrogens is 262 g/mol. The number of rotatable bonds is 3. The van der Waals surface area contributed by atoms with Crippen LogP contribution < -0.4 is 0 Å². The molecule has 1 aliphatic rings. The molecule has 1 aliphatic carbocycles. The van der Waals surface area contributed by atoms with Crippen LogP contribution in [0.1, 0.15) is 18.4 Å². The van der Waals surface area contributed by atoms with Crippen molar-refractivity contribution in [1.82, 2.24) is 0 Å². The third-order valence-electron chi connectivity index (χ3n) is 2.60. The predicted molar refractivity (Wildman–Crippen MR) is 58.7 cm³/mol. The Hall–Kier alpha value is -0.940. The summed E-state index contributed by atoms with van der Waals surface area (Å²) in [6.07, 6.45) is 2.04. The van der Waals surface area contributed by atoms with Crippen LogP contribution in [-0.2, 0) is 6.42 Å². The van der Waals surface area contributed by atoms with E-state index >= 15 is 0 Å². The number of nitro groups is 1. The van der Waals surface area contributed by atoms with Crippen molar-refractivity contribution in [3.05, 3.63) is 38.3 Å². The highest BCUT2D eigenvalue weighted by molar-refractivity contribution is 9.10. The highest BCUT2D eigenvalue weighted by Crippen LogP contribution is 2.41. The maximum absolute atomic E-state index is 10.7. The van der Waals surface area contributed by atoms with Gasteiger partial charge in [0.2, 0.25) is 0 Å². The monoisotopic (exact) mass is 271 g/mol. The van der Waals surface area contributed by atoms with E-state index in [1.807, 2.05) is 0 Å². The summed E-state index contributed by atoms with van der Waals surface area (Å²) in [6.45, 7) is 0. The highest BCUT2D eigenvalue weighted by atomic mass is 79.9. The molecule has 1 aromatic rings. The van der Waals surface area contributed by atoms with Gasteiger partial charge in [0, 0.05) is 12.5 Å². The van der Waals surface area contributed by atoms with E-state index in [9.17, 15) is 15.2 Å². The van der Waals surface area contributed by atoms with Crippen LogP contribution in [0.4, 0.5) is 5.69 Å². The molecule has 80 valence electrons. The van der Waals surface area contributed by atoms with Crippen molar-refractivity contribution in [3.63, 3.8) is 0 Å². The second-order valence-corrected chi connectivity index (χ2v) is 4.70. The maximum atomic E-state index is 10.7. The van der Waals surface area contributed by atoms with Crippen molar-refractivity contribution < 1.29 is 10.0 Å². The summed E-state index contributed by atoms with van der Waals surface area (Å²) >= 11 is 3.21. The number of nitro benzene ring substituents is 1. The quantitative estimate of drug-likeness (QED) is 0.679. The molecule has 4 nitrogen and oxygen atoms in total. The van der Waals surface area contributed by atoms with Crippen LogP contribution in [0.25, 0.3) is 0 Å². The van der Waals surface area contributed by atoms with Gasteiger partial charge in [0.25, 0.3) is 5.69 Å². The third-order valence-corrected chi connectivity index (χ3v) is 3.52. The molecule has 0 aromatic heterocycles. The van der Waals surface area contributed by atoms with E-state index in [0.29, 0.717) is 10.9 Å². The minimum Gasteiger partial charge on any atom is -0.390 e. The summed E-state index contributed by atoms with van der Waals surface area (Å²) in [4.78, 5) is 10.2. The number of nitrogens with zero attached hydrogens (tertiary/aromatic N) is 1. The van der Waals surface area contributed by atoms with Crippen LogP contribution >= 0.6 is 15.9 Å². The highest BCUT2D eigenvalue weighted by Gasteiger charge is 2.40. The number of aliphatic hydroxyl groups is 1. The minimum atomic E-state index is -0.627. The van der Waals surface area contributed by atoms with Gasteiger partial charge in [-0.2, -0.15) is 0 Å². The zero-order valence-corrected chi connectivity index (χ0v) is 9.53. The van der Waals surface area contributed by atoms with Crippen molar-refractivity contribution >= 4 is 21.6 Å². The van der Waals surface area contributed by atoms with Crippen LogP contribution in [0, 0.1) is 10.1 Å². The van der Waals surface area contributed by atoms with Crippen molar-refractivity contribution in [1.29, 1.82) is 0 Å². The second kappa shape index (κ2) is 3.57. The molecule has 0 saturated heterocycles. The summed E-state index contributed by atoms with van der Waals surface area (Å²) < 4.78 is 0.482. The Morgan fingerprint density at radius 1 is 1.53 bits per heavy atom. The lowest BCUT2D eigenvalue weighted by Crippen LogP contribution is -2.11. The van der Waals surface area contributed by atoms with Crippen LogP contribution in [0.3, 0.4) is 0 Å². The summed E-state index contributed by atoms with van der Waals surface area (Å²) in [5.41, 5.74) is 0.221. The normalized spacial score (nSPS) is 17.5. The number of benzene rings is 1. The van der Waals surface area contributed by atoms with Gasteiger partial charge in [0.05, 0.1) is 15.0 Å². The Morgan fingerprint density at radius 2 is 2.20 bits per heavy atom. The molecule has 1 aromatic carbocycles. The van der Waals surface area contributed by atoms with Gasteiger partial charge in [-0.25, -0.2) is 0 Å². The van der Waals surface area contributed by atoms with Crippen LogP contribution in [0.2, 0.25) is 0 Å². The molecule has 0 heterocycles. The standard InChI is InChI=1S/C10H10BrNO3/c11-9-7(6-10(13)4-5-10)2-1-3-8(9)12(14)15/h1-3,13H,4-6H2. The molecule has 1 N–H and O–H groups in total. The van der Waals surface area contributed by atoms with E-state index in [2.05, 4.69) is 15.9 Å². The van der Waals surface area contributed by atoms with E-state index in [-0.39, 0.29) is 5.69 Å². The van der Waals surface area contributed by atoms with Crippen molar-refractivity contribution in [3.8, 4) is 0 Å². The Morgan fingerprint density at radius 3 is 2.73 bits per heavy atom. The van der Waals surface area contributed by atoms with Gasteiger partial charge in [-0.05, 0) is 34.3 Å². The zero-order valence-electron chi connectivity index (χ0n) is 7.94. The summed E-state index contributed by atoms with van der Waals surface area (Å²) in [6, 6.07) is 4.89. The van der Waals surface area contributed by atoms with E-state index in [1.165, 1.54) is 6.07 Å². The number of hydrogen-bond donors (Lipinski definition) is 1. The Balaban J connectivity index is 2.31. The largest absolute Gasteiger partial charge is 0.390 e. The van der Waals surface area contributed by atoms with Gasteiger partial charge in [-0.1, -0.05) is 12.1 Å². The molecule has 0 unspecified atom stereocenters. The third kappa shape index (κ3) is 2.18. The summed E-state index contributed by atoms with van der Waals surface area (Å²) in [7, 11) is 0.